The van der Waals surface area contributed by atoms with Crippen LogP contribution in [0.4, 0.5) is 4.39 Å². The lowest BCUT2D eigenvalue weighted by Gasteiger charge is -2.21. The normalized spacial score (nSPS) is 10.0. The van der Waals surface area contributed by atoms with Gasteiger partial charge in [0, 0.05) is 12.6 Å². The van der Waals surface area contributed by atoms with Crippen molar-refractivity contribution in [1.29, 1.82) is 0 Å². The van der Waals surface area contributed by atoms with Crippen molar-refractivity contribution in [3.05, 3.63) is 30.1 Å². The first kappa shape index (κ1) is 16.9. The molecule has 0 aliphatic rings. The molecule has 0 bridgehead atoms. The van der Waals surface area contributed by atoms with Gasteiger partial charge in [-0.2, -0.15) is 0 Å². The van der Waals surface area contributed by atoms with E-state index in [-0.39, 0.29) is 31.4 Å². The number of nitrogens with zero attached hydrogens (tertiary/aromatic N) is 1. The van der Waals surface area contributed by atoms with Gasteiger partial charge in [-0.15, -0.1) is 0 Å². The standard InChI is InChI=1S/C15H20FNO4/c1-3-8-17(10-15(19)20-4-2)14(18)11-21-13-7-5-6-12(16)9-13/h5-7,9H,3-4,8,10-11H2,1-2H3. The number of amides is 1. The van der Waals surface area contributed by atoms with Gasteiger partial charge in [0.2, 0.25) is 0 Å². The number of esters is 1. The van der Waals surface area contributed by atoms with Gasteiger partial charge in [-0.1, -0.05) is 13.0 Å². The van der Waals surface area contributed by atoms with Gasteiger partial charge in [0.25, 0.3) is 5.91 Å². The van der Waals surface area contributed by atoms with Crippen molar-refractivity contribution in [3.63, 3.8) is 0 Å². The number of ether oxygens (including phenoxy) is 2. The molecule has 0 saturated heterocycles. The molecule has 0 aliphatic heterocycles. The summed E-state index contributed by atoms with van der Waals surface area (Å²) in [6.07, 6.45) is 0.713. The lowest BCUT2D eigenvalue weighted by atomic mass is 10.3. The van der Waals surface area contributed by atoms with Crippen LogP contribution in [0, 0.1) is 5.82 Å². The maximum atomic E-state index is 13.0. The van der Waals surface area contributed by atoms with Crippen LogP contribution in [0.3, 0.4) is 0 Å². The van der Waals surface area contributed by atoms with Gasteiger partial charge in [-0.05, 0) is 25.5 Å². The fraction of sp³-hybridized carbons (Fsp3) is 0.467. The quantitative estimate of drug-likeness (QED) is 0.689. The van der Waals surface area contributed by atoms with Gasteiger partial charge in [0.15, 0.2) is 6.61 Å². The highest BCUT2D eigenvalue weighted by Gasteiger charge is 2.17. The third kappa shape index (κ3) is 6.25. The van der Waals surface area contributed by atoms with Crippen LogP contribution in [0.5, 0.6) is 5.75 Å². The minimum atomic E-state index is -0.454. The maximum Gasteiger partial charge on any atom is 0.325 e. The first-order valence-electron chi connectivity index (χ1n) is 6.88. The van der Waals surface area contributed by atoms with Gasteiger partial charge < -0.3 is 14.4 Å². The summed E-state index contributed by atoms with van der Waals surface area (Å²) in [4.78, 5) is 24.8. The Morgan fingerprint density at radius 3 is 2.67 bits per heavy atom. The smallest absolute Gasteiger partial charge is 0.325 e. The number of carbonyl (C=O) groups excluding carboxylic acids is 2. The Morgan fingerprint density at radius 1 is 1.29 bits per heavy atom. The Bertz CT molecular complexity index is 478. The van der Waals surface area contributed by atoms with Gasteiger partial charge >= 0.3 is 5.97 Å². The number of carbonyl (C=O) groups is 2. The molecule has 6 heteroatoms. The number of hydrogen-bond acceptors (Lipinski definition) is 4. The van der Waals surface area contributed by atoms with Crippen molar-refractivity contribution >= 4 is 11.9 Å². The Morgan fingerprint density at radius 2 is 2.05 bits per heavy atom. The molecule has 1 aromatic rings. The maximum absolute atomic E-state index is 13.0. The first-order valence-corrected chi connectivity index (χ1v) is 6.88. The van der Waals surface area contributed by atoms with E-state index in [1.54, 1.807) is 13.0 Å². The largest absolute Gasteiger partial charge is 0.484 e. The summed E-state index contributed by atoms with van der Waals surface area (Å²) in [5, 5.41) is 0. The zero-order chi connectivity index (χ0) is 15.7. The molecule has 0 saturated carbocycles. The summed E-state index contributed by atoms with van der Waals surface area (Å²) in [7, 11) is 0. The van der Waals surface area contributed by atoms with Gasteiger partial charge in [-0.3, -0.25) is 9.59 Å². The molecular formula is C15H20FNO4. The second-order valence-electron chi connectivity index (χ2n) is 4.37. The van der Waals surface area contributed by atoms with E-state index in [0.29, 0.717) is 13.0 Å². The van der Waals surface area contributed by atoms with E-state index < -0.39 is 11.8 Å². The molecule has 116 valence electrons. The highest BCUT2D eigenvalue weighted by molar-refractivity contribution is 5.83. The third-order valence-electron chi connectivity index (χ3n) is 2.63. The second kappa shape index (κ2) is 8.94. The summed E-state index contributed by atoms with van der Waals surface area (Å²) in [5.74, 6) is -0.952. The van der Waals surface area contributed by atoms with Crippen molar-refractivity contribution in [2.75, 3.05) is 26.3 Å². The van der Waals surface area contributed by atoms with E-state index in [1.165, 1.54) is 23.1 Å². The van der Waals surface area contributed by atoms with Crippen LogP contribution in [-0.4, -0.2) is 43.1 Å². The molecule has 0 atom stereocenters. The molecule has 0 heterocycles. The fourth-order valence-electron chi connectivity index (χ4n) is 1.72. The summed E-state index contributed by atoms with van der Waals surface area (Å²) in [6.45, 7) is 3.96. The highest BCUT2D eigenvalue weighted by atomic mass is 19.1. The van der Waals surface area contributed by atoms with Crippen molar-refractivity contribution in [2.45, 2.75) is 20.3 Å². The van der Waals surface area contributed by atoms with E-state index >= 15 is 0 Å². The average molecular weight is 297 g/mol. The van der Waals surface area contributed by atoms with E-state index in [2.05, 4.69) is 0 Å². The molecule has 0 fully saturated rings. The monoisotopic (exact) mass is 297 g/mol. The number of hydrogen-bond donors (Lipinski definition) is 0. The van der Waals surface area contributed by atoms with Crippen molar-refractivity contribution < 1.29 is 23.5 Å². The molecule has 1 amide bonds. The first-order chi connectivity index (χ1) is 10.1. The van der Waals surface area contributed by atoms with E-state index in [4.69, 9.17) is 9.47 Å². The summed E-state index contributed by atoms with van der Waals surface area (Å²) in [5.41, 5.74) is 0. The molecule has 0 N–H and O–H groups in total. The minimum Gasteiger partial charge on any atom is -0.484 e. The molecule has 0 radical (unpaired) electrons. The predicted octanol–water partition coefficient (Wildman–Crippen LogP) is 2.01. The van der Waals surface area contributed by atoms with Crippen LogP contribution in [-0.2, 0) is 14.3 Å². The minimum absolute atomic E-state index is 0.104. The molecule has 0 aliphatic carbocycles. The number of benzene rings is 1. The zero-order valence-corrected chi connectivity index (χ0v) is 12.3. The molecule has 0 spiro atoms. The summed E-state index contributed by atoms with van der Waals surface area (Å²) < 4.78 is 23.0. The van der Waals surface area contributed by atoms with Crippen molar-refractivity contribution in [1.82, 2.24) is 4.90 Å². The fourth-order valence-corrected chi connectivity index (χ4v) is 1.72. The predicted molar refractivity (Wildman–Crippen MR) is 75.4 cm³/mol. The van der Waals surface area contributed by atoms with Crippen LogP contribution in [0.15, 0.2) is 24.3 Å². The third-order valence-corrected chi connectivity index (χ3v) is 2.63. The molecule has 1 rings (SSSR count). The zero-order valence-electron chi connectivity index (χ0n) is 12.3. The lowest BCUT2D eigenvalue weighted by Crippen LogP contribution is -2.39. The van der Waals surface area contributed by atoms with E-state index in [1.807, 2.05) is 6.92 Å². The van der Waals surface area contributed by atoms with Crippen LogP contribution in [0.1, 0.15) is 20.3 Å². The van der Waals surface area contributed by atoms with Crippen molar-refractivity contribution in [3.8, 4) is 5.75 Å². The van der Waals surface area contributed by atoms with Crippen LogP contribution < -0.4 is 4.74 Å². The van der Waals surface area contributed by atoms with Gasteiger partial charge in [0.1, 0.15) is 18.1 Å². The topological polar surface area (TPSA) is 55.8 Å². The lowest BCUT2D eigenvalue weighted by molar-refractivity contribution is -0.149. The van der Waals surface area contributed by atoms with Crippen LogP contribution in [0.2, 0.25) is 0 Å². The van der Waals surface area contributed by atoms with Gasteiger partial charge in [0.05, 0.1) is 6.61 Å². The Labute approximate surface area is 123 Å². The van der Waals surface area contributed by atoms with Crippen LogP contribution in [0.25, 0.3) is 0 Å². The second-order valence-corrected chi connectivity index (χ2v) is 4.37. The molecule has 21 heavy (non-hydrogen) atoms. The van der Waals surface area contributed by atoms with E-state index in [9.17, 15) is 14.0 Å². The Hall–Kier alpha value is -2.11. The number of halogens is 1. The Balaban J connectivity index is 2.54. The molecule has 5 nitrogen and oxygen atoms in total. The summed E-state index contributed by atoms with van der Waals surface area (Å²) in [6, 6.07) is 5.55. The van der Waals surface area contributed by atoms with Crippen molar-refractivity contribution in [2.24, 2.45) is 0 Å². The SMILES string of the molecule is CCCN(CC(=O)OCC)C(=O)COc1cccc(F)c1. The van der Waals surface area contributed by atoms with E-state index in [0.717, 1.165) is 0 Å². The molecule has 0 unspecified atom stereocenters. The van der Waals surface area contributed by atoms with Crippen LogP contribution >= 0.6 is 0 Å². The number of rotatable bonds is 8. The molecule has 0 aromatic heterocycles. The average Bonchev–Trinajstić information content (AvgIpc) is 2.44. The summed E-state index contributed by atoms with van der Waals surface area (Å²) >= 11 is 0. The molecule has 1 aromatic carbocycles. The highest BCUT2D eigenvalue weighted by Crippen LogP contribution is 2.12. The molecular weight excluding hydrogens is 277 g/mol. The Kier molecular flexibility index (Phi) is 7.21. The van der Waals surface area contributed by atoms with Gasteiger partial charge in [-0.25, -0.2) is 4.39 Å².